The summed E-state index contributed by atoms with van der Waals surface area (Å²) in [6.45, 7) is 1.99. The fraction of sp³-hybridized carbons (Fsp3) is 0.111. The van der Waals surface area contributed by atoms with Gasteiger partial charge in [-0.3, -0.25) is 0 Å². The van der Waals surface area contributed by atoms with Crippen LogP contribution in [0.25, 0.3) is 0 Å². The van der Waals surface area contributed by atoms with Crippen LogP contribution in [0.2, 0.25) is 5.02 Å². The molecule has 8 heteroatoms. The molecule has 3 rings (SSSR count). The predicted molar refractivity (Wildman–Crippen MR) is 100 cm³/mol. The van der Waals surface area contributed by atoms with Gasteiger partial charge in [-0.2, -0.15) is 10.1 Å². The van der Waals surface area contributed by atoms with Gasteiger partial charge >= 0.3 is 5.97 Å². The van der Waals surface area contributed by atoms with Gasteiger partial charge in [-0.15, -0.1) is 5.10 Å². The van der Waals surface area contributed by atoms with Gasteiger partial charge in [0.15, 0.2) is 5.82 Å². The van der Waals surface area contributed by atoms with E-state index in [1.165, 1.54) is 13.3 Å². The number of carbonyl (C=O) groups is 1. The first kappa shape index (κ1) is 17.6. The normalized spacial score (nSPS) is 10.3. The van der Waals surface area contributed by atoms with Crippen molar-refractivity contribution in [3.8, 4) is 0 Å². The van der Waals surface area contributed by atoms with E-state index in [-0.39, 0.29) is 5.95 Å². The molecule has 7 nitrogen and oxygen atoms in total. The van der Waals surface area contributed by atoms with Crippen molar-refractivity contribution in [2.75, 3.05) is 17.7 Å². The number of aryl methyl sites for hydroxylation is 1. The molecule has 0 aliphatic rings. The van der Waals surface area contributed by atoms with Crippen molar-refractivity contribution in [3.05, 3.63) is 64.8 Å². The molecular weight excluding hydrogens is 354 g/mol. The number of esters is 1. The molecule has 0 radical (unpaired) electrons. The lowest BCUT2D eigenvalue weighted by molar-refractivity contribution is 0.0601. The summed E-state index contributed by atoms with van der Waals surface area (Å²) in [4.78, 5) is 16.0. The summed E-state index contributed by atoms with van der Waals surface area (Å²) in [5.74, 6) is 0.309. The van der Waals surface area contributed by atoms with Crippen LogP contribution in [-0.4, -0.2) is 28.3 Å². The molecule has 0 unspecified atom stereocenters. The van der Waals surface area contributed by atoms with Crippen LogP contribution in [-0.2, 0) is 4.74 Å². The maximum atomic E-state index is 11.7. The fourth-order valence-electron chi connectivity index (χ4n) is 2.25. The van der Waals surface area contributed by atoms with E-state index < -0.39 is 5.97 Å². The molecule has 0 aliphatic heterocycles. The molecule has 132 valence electrons. The summed E-state index contributed by atoms with van der Waals surface area (Å²) < 4.78 is 4.71. The van der Waals surface area contributed by atoms with E-state index >= 15 is 0 Å². The molecule has 0 atom stereocenters. The zero-order valence-electron chi connectivity index (χ0n) is 14.2. The SMILES string of the molecule is COC(=O)c1ccc(Cl)c(Nc2nncc(Nc3ccccc3C)n2)c1. The molecule has 1 aromatic heterocycles. The second-order valence-electron chi connectivity index (χ2n) is 5.42. The Morgan fingerprint density at radius 3 is 2.69 bits per heavy atom. The number of aromatic nitrogens is 3. The number of hydrogen-bond donors (Lipinski definition) is 2. The van der Waals surface area contributed by atoms with Crippen molar-refractivity contribution < 1.29 is 9.53 Å². The Morgan fingerprint density at radius 1 is 1.12 bits per heavy atom. The van der Waals surface area contributed by atoms with E-state index in [2.05, 4.69) is 25.8 Å². The van der Waals surface area contributed by atoms with Gasteiger partial charge in [0, 0.05) is 5.69 Å². The average molecular weight is 370 g/mol. The third kappa shape index (κ3) is 4.07. The number of para-hydroxylation sites is 1. The van der Waals surface area contributed by atoms with Crippen LogP contribution < -0.4 is 10.6 Å². The lowest BCUT2D eigenvalue weighted by atomic mass is 10.2. The number of carbonyl (C=O) groups excluding carboxylic acids is 1. The largest absolute Gasteiger partial charge is 0.465 e. The Balaban J connectivity index is 1.83. The number of methoxy groups -OCH3 is 1. The number of hydrogen-bond acceptors (Lipinski definition) is 7. The van der Waals surface area contributed by atoms with E-state index in [0.717, 1.165) is 11.3 Å². The average Bonchev–Trinajstić information content (AvgIpc) is 2.65. The van der Waals surface area contributed by atoms with Crippen LogP contribution in [0.4, 0.5) is 23.1 Å². The van der Waals surface area contributed by atoms with E-state index in [1.807, 2.05) is 31.2 Å². The second kappa shape index (κ2) is 7.79. The highest BCUT2D eigenvalue weighted by molar-refractivity contribution is 6.33. The maximum Gasteiger partial charge on any atom is 0.337 e. The third-order valence-corrected chi connectivity index (χ3v) is 3.93. The first-order chi connectivity index (χ1) is 12.6. The van der Waals surface area contributed by atoms with Crippen molar-refractivity contribution in [2.45, 2.75) is 6.92 Å². The van der Waals surface area contributed by atoms with Gasteiger partial charge in [-0.1, -0.05) is 29.8 Å². The first-order valence-corrected chi connectivity index (χ1v) is 8.12. The minimum absolute atomic E-state index is 0.243. The van der Waals surface area contributed by atoms with Gasteiger partial charge in [0.25, 0.3) is 0 Å². The summed E-state index contributed by atoms with van der Waals surface area (Å²) in [7, 11) is 1.32. The first-order valence-electron chi connectivity index (χ1n) is 7.74. The topological polar surface area (TPSA) is 89.0 Å². The number of benzene rings is 2. The van der Waals surface area contributed by atoms with E-state index in [9.17, 15) is 4.79 Å². The maximum absolute atomic E-state index is 11.7. The fourth-order valence-corrected chi connectivity index (χ4v) is 2.42. The molecule has 2 N–H and O–H groups in total. The van der Waals surface area contributed by atoms with Crippen LogP contribution >= 0.6 is 11.6 Å². The smallest absolute Gasteiger partial charge is 0.337 e. The van der Waals surface area contributed by atoms with Crippen molar-refractivity contribution in [1.29, 1.82) is 0 Å². The third-order valence-electron chi connectivity index (χ3n) is 3.60. The highest BCUT2D eigenvalue weighted by Gasteiger charge is 2.11. The number of rotatable bonds is 5. The lowest BCUT2D eigenvalue weighted by Gasteiger charge is -2.11. The minimum Gasteiger partial charge on any atom is -0.465 e. The Morgan fingerprint density at radius 2 is 1.92 bits per heavy atom. The van der Waals surface area contributed by atoms with Gasteiger partial charge in [0.1, 0.15) is 0 Å². The Kier molecular flexibility index (Phi) is 5.28. The number of halogens is 1. The molecule has 3 aromatic rings. The summed E-state index contributed by atoms with van der Waals surface area (Å²) in [6, 6.07) is 12.6. The van der Waals surface area contributed by atoms with E-state index in [0.29, 0.717) is 22.1 Å². The molecule has 0 spiro atoms. The summed E-state index contributed by atoms with van der Waals surface area (Å²) in [6.07, 6.45) is 1.52. The van der Waals surface area contributed by atoms with Gasteiger partial charge in [-0.05, 0) is 36.8 Å². The molecule has 0 bridgehead atoms. The standard InChI is InChI=1S/C18H16ClN5O2/c1-11-5-3-4-6-14(11)21-16-10-20-24-18(23-16)22-15-9-12(17(25)26-2)7-8-13(15)19/h3-10H,1-2H3,(H2,21,22,23,24). The van der Waals surface area contributed by atoms with Crippen LogP contribution in [0.1, 0.15) is 15.9 Å². The second-order valence-corrected chi connectivity index (χ2v) is 5.82. The van der Waals surface area contributed by atoms with E-state index in [4.69, 9.17) is 16.3 Å². The highest BCUT2D eigenvalue weighted by Crippen LogP contribution is 2.26. The van der Waals surface area contributed by atoms with Crippen LogP contribution in [0, 0.1) is 6.92 Å². The molecule has 1 heterocycles. The molecule has 0 fully saturated rings. The lowest BCUT2D eigenvalue weighted by Crippen LogP contribution is -2.05. The van der Waals surface area contributed by atoms with Gasteiger partial charge in [0.2, 0.25) is 5.95 Å². The molecule has 0 aliphatic carbocycles. The zero-order chi connectivity index (χ0) is 18.5. The van der Waals surface area contributed by atoms with Gasteiger partial charge in [-0.25, -0.2) is 4.79 Å². The summed E-state index contributed by atoms with van der Waals surface area (Å²) in [5, 5.41) is 14.5. The number of nitrogens with zero attached hydrogens (tertiary/aromatic N) is 3. The monoisotopic (exact) mass is 369 g/mol. The molecule has 2 aromatic carbocycles. The minimum atomic E-state index is -0.460. The molecule has 26 heavy (non-hydrogen) atoms. The Hall–Kier alpha value is -3.19. The molecule has 0 saturated carbocycles. The van der Waals surface area contributed by atoms with Crippen molar-refractivity contribution in [3.63, 3.8) is 0 Å². The van der Waals surface area contributed by atoms with Crippen molar-refractivity contribution in [2.24, 2.45) is 0 Å². The summed E-state index contributed by atoms with van der Waals surface area (Å²) >= 11 is 6.18. The number of nitrogens with one attached hydrogen (secondary N) is 2. The van der Waals surface area contributed by atoms with E-state index in [1.54, 1.807) is 18.2 Å². The van der Waals surface area contributed by atoms with Crippen molar-refractivity contribution in [1.82, 2.24) is 15.2 Å². The predicted octanol–water partition coefficient (Wildman–Crippen LogP) is 4.11. The molecule has 0 amide bonds. The number of ether oxygens (including phenoxy) is 1. The highest BCUT2D eigenvalue weighted by atomic mass is 35.5. The Labute approximate surface area is 155 Å². The Bertz CT molecular complexity index is 948. The molecular formula is C18H16ClN5O2. The van der Waals surface area contributed by atoms with Gasteiger partial charge in [0.05, 0.1) is 29.6 Å². The van der Waals surface area contributed by atoms with Gasteiger partial charge < -0.3 is 15.4 Å². The molecule has 0 saturated heterocycles. The van der Waals surface area contributed by atoms with Crippen molar-refractivity contribution >= 4 is 40.7 Å². The van der Waals surface area contributed by atoms with Crippen LogP contribution in [0.3, 0.4) is 0 Å². The number of anilines is 4. The quantitative estimate of drug-likeness (QED) is 0.654. The van der Waals surface area contributed by atoms with Crippen LogP contribution in [0.5, 0.6) is 0 Å². The summed E-state index contributed by atoms with van der Waals surface area (Å²) in [5.41, 5.74) is 2.84. The zero-order valence-corrected chi connectivity index (χ0v) is 14.9. The van der Waals surface area contributed by atoms with Crippen LogP contribution in [0.15, 0.2) is 48.7 Å².